The van der Waals surface area contributed by atoms with Crippen molar-refractivity contribution < 1.29 is 14.3 Å². The van der Waals surface area contributed by atoms with Crippen LogP contribution in [0.5, 0.6) is 0 Å². The summed E-state index contributed by atoms with van der Waals surface area (Å²) in [7, 11) is 0. The minimum Gasteiger partial charge on any atom is -0.448 e. The van der Waals surface area contributed by atoms with E-state index in [1.165, 1.54) is 27.6 Å². The Morgan fingerprint density at radius 3 is 2.08 bits per heavy atom. The predicted molar refractivity (Wildman–Crippen MR) is 154 cm³/mol. The molecule has 0 N–H and O–H groups in total. The van der Waals surface area contributed by atoms with E-state index in [1.807, 2.05) is 23.1 Å². The normalized spacial score (nSPS) is 21.8. The molecule has 3 aliphatic rings. The zero-order valence-corrected chi connectivity index (χ0v) is 22.1. The molecule has 4 aromatic carbocycles. The number of rotatable bonds is 5. The van der Waals surface area contributed by atoms with Gasteiger partial charge in [-0.3, -0.25) is 4.79 Å². The van der Waals surface area contributed by atoms with Gasteiger partial charge in [-0.05, 0) is 70.7 Å². The van der Waals surface area contributed by atoms with E-state index < -0.39 is 0 Å². The van der Waals surface area contributed by atoms with Crippen molar-refractivity contribution in [1.29, 1.82) is 0 Å². The van der Waals surface area contributed by atoms with Crippen LogP contribution in [-0.4, -0.2) is 35.5 Å². The maximum Gasteiger partial charge on any atom is 0.410 e. The van der Waals surface area contributed by atoms with Gasteiger partial charge in [0.05, 0.1) is 0 Å². The fourth-order valence-corrected chi connectivity index (χ4v) is 7.39. The van der Waals surface area contributed by atoms with Crippen LogP contribution in [-0.2, 0) is 16.0 Å². The smallest absolute Gasteiger partial charge is 0.410 e. The summed E-state index contributed by atoms with van der Waals surface area (Å²) in [4.78, 5) is 29.0. The van der Waals surface area contributed by atoms with Crippen molar-refractivity contribution in [2.75, 3.05) is 6.61 Å². The summed E-state index contributed by atoms with van der Waals surface area (Å²) in [6.45, 7) is 0.340. The van der Waals surface area contributed by atoms with Crippen molar-refractivity contribution >= 4 is 22.6 Å². The predicted octanol–water partition coefficient (Wildman–Crippen LogP) is 7.53. The number of nitrogens with zero attached hydrogens (tertiary/aromatic N) is 1. The van der Waals surface area contributed by atoms with E-state index in [0.29, 0.717) is 18.8 Å². The molecule has 0 radical (unpaired) electrons. The van der Waals surface area contributed by atoms with E-state index in [0.717, 1.165) is 43.1 Å². The van der Waals surface area contributed by atoms with Gasteiger partial charge >= 0.3 is 6.09 Å². The number of hydrogen-bond donors (Lipinski definition) is 0. The average Bonchev–Trinajstić information content (AvgIpc) is 3.29. The topological polar surface area (TPSA) is 46.6 Å². The van der Waals surface area contributed by atoms with Gasteiger partial charge in [-0.2, -0.15) is 0 Å². The van der Waals surface area contributed by atoms with Gasteiger partial charge in [-0.15, -0.1) is 0 Å². The Morgan fingerprint density at radius 2 is 1.36 bits per heavy atom. The molecule has 2 aliphatic heterocycles. The van der Waals surface area contributed by atoms with Crippen molar-refractivity contribution in [2.24, 2.45) is 5.92 Å². The first kappa shape index (κ1) is 24.1. The second-order valence-corrected chi connectivity index (χ2v) is 11.4. The molecule has 4 aromatic rings. The zero-order valence-electron chi connectivity index (χ0n) is 22.1. The van der Waals surface area contributed by atoms with Gasteiger partial charge in [0.25, 0.3) is 0 Å². The monoisotopic (exact) mass is 515 g/mol. The van der Waals surface area contributed by atoms with Gasteiger partial charge in [0.15, 0.2) is 0 Å². The molecule has 2 bridgehead atoms. The Labute approximate surface area is 229 Å². The van der Waals surface area contributed by atoms with E-state index in [1.54, 1.807) is 0 Å². The average molecular weight is 516 g/mol. The van der Waals surface area contributed by atoms with Crippen LogP contribution >= 0.6 is 0 Å². The lowest BCUT2D eigenvalue weighted by molar-refractivity contribution is -0.126. The van der Waals surface area contributed by atoms with Gasteiger partial charge in [0.2, 0.25) is 0 Å². The summed E-state index contributed by atoms with van der Waals surface area (Å²) < 4.78 is 6.06. The molecule has 1 aliphatic carbocycles. The molecular formula is C35H33NO3. The van der Waals surface area contributed by atoms with E-state index in [2.05, 4.69) is 72.8 Å². The fourth-order valence-electron chi connectivity index (χ4n) is 7.39. The Balaban J connectivity index is 1.04. The highest BCUT2D eigenvalue weighted by molar-refractivity contribution is 5.92. The Kier molecular flexibility index (Phi) is 6.19. The number of fused-ring (bicyclic) bond motifs is 6. The minimum absolute atomic E-state index is 0.00287. The van der Waals surface area contributed by atoms with Crippen LogP contribution in [0.1, 0.15) is 54.7 Å². The van der Waals surface area contributed by atoms with Gasteiger partial charge < -0.3 is 9.64 Å². The zero-order chi connectivity index (χ0) is 26.3. The maximum absolute atomic E-state index is 13.5. The molecule has 1 amide bonds. The minimum atomic E-state index is -0.216. The second kappa shape index (κ2) is 10.00. The van der Waals surface area contributed by atoms with E-state index in [4.69, 9.17) is 4.74 Å². The molecule has 196 valence electrons. The third-order valence-corrected chi connectivity index (χ3v) is 9.22. The largest absolute Gasteiger partial charge is 0.448 e. The van der Waals surface area contributed by atoms with Crippen molar-refractivity contribution in [2.45, 2.75) is 56.5 Å². The summed E-state index contributed by atoms with van der Waals surface area (Å²) in [5, 5.41) is 2.33. The highest BCUT2D eigenvalue weighted by Crippen LogP contribution is 2.45. The molecule has 7 rings (SSSR count). The number of ether oxygens (including phenoxy) is 1. The van der Waals surface area contributed by atoms with Gasteiger partial charge in [-0.25, -0.2) is 4.79 Å². The Morgan fingerprint density at radius 1 is 0.744 bits per heavy atom. The van der Waals surface area contributed by atoms with Crippen LogP contribution in [0.25, 0.3) is 21.9 Å². The molecule has 2 atom stereocenters. The van der Waals surface area contributed by atoms with Crippen LogP contribution in [0.4, 0.5) is 4.79 Å². The van der Waals surface area contributed by atoms with E-state index in [9.17, 15) is 9.59 Å². The number of carbonyl (C=O) groups is 2. The van der Waals surface area contributed by atoms with E-state index in [-0.39, 0.29) is 30.0 Å². The lowest BCUT2D eigenvalue weighted by atomic mass is 9.76. The first-order chi connectivity index (χ1) is 19.2. The molecule has 2 unspecified atom stereocenters. The number of hydrogen-bond acceptors (Lipinski definition) is 3. The van der Waals surface area contributed by atoms with Crippen LogP contribution in [0, 0.1) is 5.92 Å². The number of amides is 1. The summed E-state index contributed by atoms with van der Waals surface area (Å²) in [6.07, 6.45) is 4.71. The maximum atomic E-state index is 13.5. The van der Waals surface area contributed by atoms with Crippen LogP contribution in [0.15, 0.2) is 91.0 Å². The third kappa shape index (κ3) is 4.32. The van der Waals surface area contributed by atoms with Crippen LogP contribution < -0.4 is 0 Å². The first-order valence-corrected chi connectivity index (χ1v) is 14.3. The molecule has 4 nitrogen and oxygen atoms in total. The quantitative estimate of drug-likeness (QED) is 0.276. The second-order valence-electron chi connectivity index (χ2n) is 11.4. The summed E-state index contributed by atoms with van der Waals surface area (Å²) in [6, 6.07) is 31.5. The summed E-state index contributed by atoms with van der Waals surface area (Å²) in [5.41, 5.74) is 6.02. The molecule has 0 saturated carbocycles. The van der Waals surface area contributed by atoms with Crippen molar-refractivity contribution in [1.82, 2.24) is 4.90 Å². The Bertz CT molecular complexity index is 1490. The molecule has 39 heavy (non-hydrogen) atoms. The molecule has 0 spiro atoms. The number of Topliss-reactive ketones (excluding diaryl/α,β-unsaturated/α-hetero) is 1. The number of carbonyl (C=O) groups excluding carboxylic acids is 2. The fraction of sp³-hybridized carbons (Fsp3) is 0.314. The van der Waals surface area contributed by atoms with Crippen molar-refractivity contribution in [3.63, 3.8) is 0 Å². The first-order valence-electron chi connectivity index (χ1n) is 14.3. The molecule has 4 heteroatoms. The van der Waals surface area contributed by atoms with Crippen LogP contribution in [0.2, 0.25) is 0 Å². The number of benzene rings is 4. The van der Waals surface area contributed by atoms with Gasteiger partial charge in [-0.1, -0.05) is 91.0 Å². The Hall–Kier alpha value is -3.92. The highest BCUT2D eigenvalue weighted by atomic mass is 16.6. The standard InChI is InChI=1S/C35H33NO3/c37-34(21-24-11-7-10-23-9-1-2-14-28(23)24)25-19-26-12-8-13-27(20-25)36(26)35(38)39-22-33-31-17-5-3-15-29(31)30-16-4-6-18-32(30)33/h1-7,9-11,14-18,25-27,33H,8,12-13,19-22H2. The lowest BCUT2D eigenvalue weighted by Gasteiger charge is -2.47. The van der Waals surface area contributed by atoms with Crippen molar-refractivity contribution in [3.8, 4) is 11.1 Å². The highest BCUT2D eigenvalue weighted by Gasteiger charge is 2.44. The van der Waals surface area contributed by atoms with Crippen LogP contribution in [0.3, 0.4) is 0 Å². The van der Waals surface area contributed by atoms with E-state index >= 15 is 0 Å². The number of ketones is 1. The van der Waals surface area contributed by atoms with Gasteiger partial charge in [0.1, 0.15) is 12.4 Å². The molecule has 0 aromatic heterocycles. The SMILES string of the molecule is O=C(Cc1cccc2ccccc12)C1CC2CCCC(C1)N2C(=O)OCC1c2ccccc2-c2ccccc21. The number of piperidine rings is 2. The molecule has 2 heterocycles. The third-order valence-electron chi connectivity index (χ3n) is 9.22. The van der Waals surface area contributed by atoms with Crippen molar-refractivity contribution in [3.05, 3.63) is 108 Å². The molecule has 2 saturated heterocycles. The molecular weight excluding hydrogens is 482 g/mol. The lowest BCUT2D eigenvalue weighted by Crippen LogP contribution is -2.56. The summed E-state index contributed by atoms with van der Waals surface area (Å²) in [5.74, 6) is 0.355. The molecule has 2 fully saturated rings. The van der Waals surface area contributed by atoms with Gasteiger partial charge in [0, 0.05) is 30.3 Å². The summed E-state index contributed by atoms with van der Waals surface area (Å²) >= 11 is 0.